The summed E-state index contributed by atoms with van der Waals surface area (Å²) < 4.78 is 1.01. The van der Waals surface area contributed by atoms with Gasteiger partial charge in [-0.3, -0.25) is 0 Å². The van der Waals surface area contributed by atoms with Gasteiger partial charge < -0.3 is 5.32 Å². The van der Waals surface area contributed by atoms with Crippen molar-refractivity contribution >= 4 is 28.9 Å². The van der Waals surface area contributed by atoms with Gasteiger partial charge in [0, 0.05) is 29.6 Å². The molecule has 2 rings (SSSR count). The van der Waals surface area contributed by atoms with Gasteiger partial charge in [-0.1, -0.05) is 20.8 Å². The number of anilines is 1. The topological polar surface area (TPSA) is 50.7 Å². The van der Waals surface area contributed by atoms with Crippen LogP contribution in [0.25, 0.3) is 0 Å². The first-order valence-electron chi connectivity index (χ1n) is 6.06. The Kier molecular flexibility index (Phi) is 4.10. The van der Waals surface area contributed by atoms with Crippen molar-refractivity contribution in [3.8, 4) is 0 Å². The minimum atomic E-state index is -0.0685. The Bertz CT molecular complexity index is 572. The molecule has 0 aliphatic rings. The van der Waals surface area contributed by atoms with Crippen molar-refractivity contribution in [2.24, 2.45) is 0 Å². The van der Waals surface area contributed by atoms with Crippen LogP contribution in [0.2, 0.25) is 0 Å². The second-order valence-electron chi connectivity index (χ2n) is 5.27. The quantitative estimate of drug-likeness (QED) is 0.874. The van der Waals surface area contributed by atoms with Crippen LogP contribution >= 0.6 is 23.1 Å². The van der Waals surface area contributed by atoms with Crippen LogP contribution in [-0.4, -0.2) is 22.0 Å². The fourth-order valence-electron chi connectivity index (χ4n) is 1.41. The van der Waals surface area contributed by atoms with E-state index in [-0.39, 0.29) is 5.41 Å². The molecular weight excluding hydrogens is 276 g/mol. The lowest BCUT2D eigenvalue weighted by molar-refractivity contribution is 0.539. The lowest BCUT2D eigenvalue weighted by atomic mass is 9.96. The molecule has 0 amide bonds. The molecular formula is C13H18N4S2. The number of thiazole rings is 1. The highest BCUT2D eigenvalue weighted by atomic mass is 32.2. The van der Waals surface area contributed by atoms with Gasteiger partial charge in [-0.2, -0.15) is 0 Å². The molecule has 0 radical (unpaired) electrons. The lowest BCUT2D eigenvalue weighted by Crippen LogP contribution is -2.17. The number of nitrogens with zero attached hydrogens (tertiary/aromatic N) is 3. The molecule has 0 aromatic carbocycles. The fourth-order valence-corrected chi connectivity index (χ4v) is 3.19. The van der Waals surface area contributed by atoms with Gasteiger partial charge >= 0.3 is 0 Å². The van der Waals surface area contributed by atoms with Crippen molar-refractivity contribution in [1.82, 2.24) is 15.0 Å². The maximum atomic E-state index is 4.64. The Labute approximate surface area is 122 Å². The first-order valence-corrected chi connectivity index (χ1v) is 7.75. The molecule has 6 heteroatoms. The van der Waals surface area contributed by atoms with Crippen LogP contribution in [0.5, 0.6) is 0 Å². The normalized spacial score (nSPS) is 11.6. The van der Waals surface area contributed by atoms with E-state index < -0.39 is 0 Å². The van der Waals surface area contributed by atoms with E-state index in [4.69, 9.17) is 0 Å². The minimum Gasteiger partial charge on any atom is -0.373 e. The Morgan fingerprint density at radius 1 is 1.21 bits per heavy atom. The third kappa shape index (κ3) is 3.67. The second-order valence-corrected chi connectivity index (χ2v) is 7.40. The highest BCUT2D eigenvalue weighted by Gasteiger charge is 2.19. The van der Waals surface area contributed by atoms with Crippen LogP contribution in [0.15, 0.2) is 20.8 Å². The molecule has 0 saturated heterocycles. The summed E-state index contributed by atoms with van der Waals surface area (Å²) in [7, 11) is 1.87. The number of aromatic nitrogens is 3. The van der Waals surface area contributed by atoms with Crippen LogP contribution in [0.1, 0.15) is 32.3 Å². The molecule has 0 bridgehead atoms. The summed E-state index contributed by atoms with van der Waals surface area (Å²) in [6, 6.07) is 1.95. The molecule has 0 aliphatic carbocycles. The zero-order chi connectivity index (χ0) is 14.0. The Morgan fingerprint density at radius 2 is 1.95 bits per heavy atom. The fraction of sp³-hybridized carbons (Fsp3) is 0.462. The van der Waals surface area contributed by atoms with Gasteiger partial charge in [-0.15, -0.1) is 11.3 Å². The number of nitrogens with one attached hydrogen (secondary N) is 1. The molecule has 19 heavy (non-hydrogen) atoms. The van der Waals surface area contributed by atoms with Crippen LogP contribution in [0.3, 0.4) is 0 Å². The summed E-state index contributed by atoms with van der Waals surface area (Å²) >= 11 is 3.23. The maximum absolute atomic E-state index is 4.64. The van der Waals surface area contributed by atoms with Crippen LogP contribution in [0.4, 0.5) is 5.82 Å². The zero-order valence-electron chi connectivity index (χ0n) is 11.8. The van der Waals surface area contributed by atoms with Crippen LogP contribution in [0, 0.1) is 6.92 Å². The monoisotopic (exact) mass is 294 g/mol. The second kappa shape index (κ2) is 5.46. The minimum absolute atomic E-state index is 0.0685. The molecule has 1 N–H and O–H groups in total. The molecule has 0 unspecified atom stereocenters. The van der Waals surface area contributed by atoms with Crippen molar-refractivity contribution in [1.29, 1.82) is 0 Å². The van der Waals surface area contributed by atoms with E-state index in [1.165, 1.54) is 0 Å². The molecule has 0 aliphatic heterocycles. The summed E-state index contributed by atoms with van der Waals surface area (Å²) in [5.41, 5.74) is 0.979. The molecule has 2 aromatic rings. The number of hydrogen-bond acceptors (Lipinski definition) is 6. The van der Waals surface area contributed by atoms with Crippen molar-refractivity contribution in [3.05, 3.63) is 23.0 Å². The molecule has 2 heterocycles. The summed E-state index contributed by atoms with van der Waals surface area (Å²) in [4.78, 5) is 13.6. The zero-order valence-corrected chi connectivity index (χ0v) is 13.4. The Balaban J connectivity index is 2.34. The van der Waals surface area contributed by atoms with Gasteiger partial charge in [0.05, 0.1) is 0 Å². The average molecular weight is 294 g/mol. The Morgan fingerprint density at radius 3 is 2.47 bits per heavy atom. The van der Waals surface area contributed by atoms with Crippen LogP contribution < -0.4 is 5.32 Å². The Hall–Kier alpha value is -1.14. The van der Waals surface area contributed by atoms with E-state index in [9.17, 15) is 0 Å². The lowest BCUT2D eigenvalue weighted by Gasteiger charge is -2.18. The molecule has 0 atom stereocenters. The van der Waals surface area contributed by atoms with E-state index in [2.05, 4.69) is 41.0 Å². The number of rotatable bonds is 3. The first-order chi connectivity index (χ1) is 8.88. The summed E-state index contributed by atoms with van der Waals surface area (Å²) in [5.74, 6) is 1.69. The average Bonchev–Trinajstić information content (AvgIpc) is 2.73. The smallest absolute Gasteiger partial charge is 0.156 e. The third-order valence-corrected chi connectivity index (χ3v) is 4.39. The maximum Gasteiger partial charge on any atom is 0.156 e. The van der Waals surface area contributed by atoms with Gasteiger partial charge in [0.1, 0.15) is 16.7 Å². The molecule has 0 spiro atoms. The summed E-state index contributed by atoms with van der Waals surface area (Å²) in [6.07, 6.45) is 0. The van der Waals surface area contributed by atoms with Crippen LogP contribution in [-0.2, 0) is 5.41 Å². The summed E-state index contributed by atoms with van der Waals surface area (Å²) in [5, 5.41) is 6.07. The van der Waals surface area contributed by atoms with Crippen molar-refractivity contribution < 1.29 is 0 Å². The predicted molar refractivity (Wildman–Crippen MR) is 81.3 cm³/mol. The van der Waals surface area contributed by atoms with Crippen molar-refractivity contribution in [2.75, 3.05) is 12.4 Å². The van der Waals surface area contributed by atoms with Gasteiger partial charge in [0.15, 0.2) is 4.34 Å². The number of aryl methyl sites for hydroxylation is 1. The van der Waals surface area contributed by atoms with E-state index >= 15 is 0 Å². The van der Waals surface area contributed by atoms with Gasteiger partial charge in [0.2, 0.25) is 0 Å². The molecule has 2 aromatic heterocycles. The first kappa shape index (κ1) is 14.3. The van der Waals surface area contributed by atoms with Gasteiger partial charge in [-0.05, 0) is 18.7 Å². The molecule has 0 fully saturated rings. The predicted octanol–water partition coefficient (Wildman–Crippen LogP) is 3.73. The largest absolute Gasteiger partial charge is 0.373 e. The van der Waals surface area contributed by atoms with E-state index in [1.807, 2.05) is 25.4 Å². The van der Waals surface area contributed by atoms with E-state index in [1.54, 1.807) is 23.1 Å². The molecule has 4 nitrogen and oxygen atoms in total. The van der Waals surface area contributed by atoms with Gasteiger partial charge in [-0.25, -0.2) is 15.0 Å². The highest BCUT2D eigenvalue weighted by molar-refractivity contribution is 8.01. The van der Waals surface area contributed by atoms with E-state index in [0.29, 0.717) is 0 Å². The molecule has 0 saturated carbocycles. The standard InChI is InChI=1S/C13H18N4S2/c1-8-7-18-12(15-8)19-10-6-9(14-5)16-11(17-10)13(2,3)4/h6-7H,1-5H3,(H,14,16,17). The van der Waals surface area contributed by atoms with E-state index in [0.717, 1.165) is 26.7 Å². The number of hydrogen-bond donors (Lipinski definition) is 1. The summed E-state index contributed by atoms with van der Waals surface area (Å²) in [6.45, 7) is 8.34. The SMILES string of the molecule is CNc1cc(Sc2nc(C)cs2)nc(C(C)(C)C)n1. The van der Waals surface area contributed by atoms with Gasteiger partial charge in [0.25, 0.3) is 0 Å². The molecule has 102 valence electrons. The highest BCUT2D eigenvalue weighted by Crippen LogP contribution is 2.31. The third-order valence-electron chi connectivity index (χ3n) is 2.42. The van der Waals surface area contributed by atoms with Crippen molar-refractivity contribution in [3.63, 3.8) is 0 Å². The van der Waals surface area contributed by atoms with Crippen molar-refractivity contribution in [2.45, 2.75) is 42.5 Å².